The lowest BCUT2D eigenvalue weighted by atomic mass is 10.2. The summed E-state index contributed by atoms with van der Waals surface area (Å²) in [4.78, 5) is 13.2. The fourth-order valence-electron chi connectivity index (χ4n) is 2.49. The van der Waals surface area contributed by atoms with Crippen LogP contribution in [-0.2, 0) is 0 Å². The van der Waals surface area contributed by atoms with E-state index in [9.17, 15) is 4.79 Å². The Balaban J connectivity index is 1.89. The highest BCUT2D eigenvalue weighted by Crippen LogP contribution is 2.39. The monoisotopic (exact) mass is 219 g/mol. The molecule has 2 aliphatic heterocycles. The van der Waals surface area contributed by atoms with Crippen molar-refractivity contribution in [2.24, 2.45) is 0 Å². The summed E-state index contributed by atoms with van der Waals surface area (Å²) in [5.41, 5.74) is 2.00. The quantitative estimate of drug-likeness (QED) is 0.711. The topological polar surface area (TPSA) is 20.3 Å². The van der Waals surface area contributed by atoms with Gasteiger partial charge in [-0.15, -0.1) is 0 Å². The van der Waals surface area contributed by atoms with E-state index in [1.807, 2.05) is 18.2 Å². The summed E-state index contributed by atoms with van der Waals surface area (Å²) in [6.07, 6.45) is 2.24. The second-order valence-corrected chi connectivity index (χ2v) is 5.54. The Bertz CT molecular complexity index is 393. The van der Waals surface area contributed by atoms with Crippen molar-refractivity contribution < 1.29 is 4.79 Å². The van der Waals surface area contributed by atoms with Crippen molar-refractivity contribution in [1.82, 2.24) is 0 Å². The Kier molecular flexibility index (Phi) is 2.20. The van der Waals surface area contributed by atoms with E-state index in [0.717, 1.165) is 23.6 Å². The van der Waals surface area contributed by atoms with E-state index in [0.29, 0.717) is 6.04 Å². The summed E-state index contributed by atoms with van der Waals surface area (Å²) in [6, 6.07) is 8.64. The first-order valence-electron chi connectivity index (χ1n) is 5.30. The predicted molar refractivity (Wildman–Crippen MR) is 63.8 cm³/mol. The molecule has 2 aliphatic rings. The summed E-state index contributed by atoms with van der Waals surface area (Å²) in [7, 11) is 0. The average molecular weight is 219 g/mol. The number of carbonyl (C=O) groups excluding carboxylic acids is 1. The van der Waals surface area contributed by atoms with Crippen molar-refractivity contribution in [3.05, 3.63) is 29.8 Å². The SMILES string of the molecule is O=Cc1cccc(N2CC3CC2CS3)c1. The number of benzene rings is 1. The molecule has 2 heterocycles. The minimum atomic E-state index is 0.696. The van der Waals surface area contributed by atoms with Crippen LogP contribution in [0.4, 0.5) is 5.69 Å². The highest BCUT2D eigenvalue weighted by molar-refractivity contribution is 8.00. The third kappa shape index (κ3) is 1.55. The first-order chi connectivity index (χ1) is 7.36. The molecule has 0 radical (unpaired) electrons. The Hall–Kier alpha value is -0.960. The van der Waals surface area contributed by atoms with E-state index in [1.54, 1.807) is 0 Å². The van der Waals surface area contributed by atoms with Gasteiger partial charge in [0.05, 0.1) is 0 Å². The van der Waals surface area contributed by atoms with Crippen molar-refractivity contribution in [3.8, 4) is 0 Å². The highest BCUT2D eigenvalue weighted by atomic mass is 32.2. The number of aldehydes is 1. The zero-order valence-electron chi connectivity index (χ0n) is 8.43. The van der Waals surface area contributed by atoms with Crippen LogP contribution < -0.4 is 4.90 Å². The van der Waals surface area contributed by atoms with Crippen molar-refractivity contribution >= 4 is 23.7 Å². The summed E-state index contributed by atoms with van der Waals surface area (Å²) >= 11 is 2.09. The number of fused-ring (bicyclic) bond motifs is 2. The fourth-order valence-corrected chi connectivity index (χ4v) is 3.93. The number of carbonyl (C=O) groups is 1. The Morgan fingerprint density at radius 2 is 2.40 bits per heavy atom. The van der Waals surface area contributed by atoms with Crippen LogP contribution in [-0.4, -0.2) is 29.9 Å². The van der Waals surface area contributed by atoms with Crippen molar-refractivity contribution in [3.63, 3.8) is 0 Å². The largest absolute Gasteiger partial charge is 0.367 e. The summed E-state index contributed by atoms with van der Waals surface area (Å²) in [5, 5.41) is 0.815. The van der Waals surface area contributed by atoms with Gasteiger partial charge in [-0.25, -0.2) is 0 Å². The van der Waals surface area contributed by atoms with E-state index in [4.69, 9.17) is 0 Å². The van der Waals surface area contributed by atoms with Gasteiger partial charge in [0, 0.05) is 34.8 Å². The maximum atomic E-state index is 10.7. The molecule has 3 rings (SSSR count). The van der Waals surface area contributed by atoms with Gasteiger partial charge in [-0.2, -0.15) is 11.8 Å². The molecule has 0 spiro atoms. The van der Waals surface area contributed by atoms with Gasteiger partial charge in [0.15, 0.2) is 0 Å². The second kappa shape index (κ2) is 3.56. The molecular formula is C12H13NOS. The molecule has 2 unspecified atom stereocenters. The van der Waals surface area contributed by atoms with E-state index < -0.39 is 0 Å². The second-order valence-electron chi connectivity index (χ2n) is 4.21. The molecule has 2 atom stereocenters. The lowest BCUT2D eigenvalue weighted by Crippen LogP contribution is -2.33. The average Bonchev–Trinajstić information content (AvgIpc) is 2.91. The molecule has 3 heteroatoms. The molecule has 2 saturated heterocycles. The molecular weight excluding hydrogens is 206 g/mol. The molecule has 0 amide bonds. The molecule has 0 N–H and O–H groups in total. The van der Waals surface area contributed by atoms with Crippen LogP contribution in [0.2, 0.25) is 0 Å². The number of thioether (sulfide) groups is 1. The standard InChI is InChI=1S/C12H13NOS/c14-7-9-2-1-3-10(4-9)13-6-12-5-11(13)8-15-12/h1-4,7,11-12H,5-6,8H2. The van der Waals surface area contributed by atoms with Gasteiger partial charge >= 0.3 is 0 Å². The molecule has 1 aromatic carbocycles. The zero-order valence-corrected chi connectivity index (χ0v) is 9.24. The minimum Gasteiger partial charge on any atom is -0.367 e. The maximum absolute atomic E-state index is 10.7. The van der Waals surface area contributed by atoms with Crippen molar-refractivity contribution in [2.45, 2.75) is 17.7 Å². The number of hydrogen-bond acceptors (Lipinski definition) is 3. The van der Waals surface area contributed by atoms with Crippen molar-refractivity contribution in [2.75, 3.05) is 17.2 Å². The molecule has 1 aromatic rings. The molecule has 2 bridgehead atoms. The Labute approximate surface area is 93.7 Å². The predicted octanol–water partition coefficient (Wildman–Crippen LogP) is 2.19. The van der Waals surface area contributed by atoms with Gasteiger partial charge in [0.25, 0.3) is 0 Å². The third-order valence-corrected chi connectivity index (χ3v) is 4.63. The molecule has 0 aromatic heterocycles. The normalized spacial score (nSPS) is 28.4. The lowest BCUT2D eigenvalue weighted by Gasteiger charge is -2.28. The lowest BCUT2D eigenvalue weighted by molar-refractivity contribution is 0.112. The first-order valence-corrected chi connectivity index (χ1v) is 6.35. The van der Waals surface area contributed by atoms with Crippen LogP contribution in [0.1, 0.15) is 16.8 Å². The number of nitrogens with zero attached hydrogens (tertiary/aromatic N) is 1. The third-order valence-electron chi connectivity index (χ3n) is 3.24. The van der Waals surface area contributed by atoms with Gasteiger partial charge in [-0.1, -0.05) is 12.1 Å². The fraction of sp³-hybridized carbons (Fsp3) is 0.417. The van der Waals surface area contributed by atoms with Gasteiger partial charge in [0.2, 0.25) is 0 Å². The number of rotatable bonds is 2. The van der Waals surface area contributed by atoms with Gasteiger partial charge in [0.1, 0.15) is 6.29 Å². The van der Waals surface area contributed by atoms with Gasteiger partial charge in [-0.05, 0) is 18.6 Å². The molecule has 0 saturated carbocycles. The number of hydrogen-bond donors (Lipinski definition) is 0. The Morgan fingerprint density at radius 3 is 3.07 bits per heavy atom. The molecule has 2 fully saturated rings. The minimum absolute atomic E-state index is 0.696. The zero-order chi connectivity index (χ0) is 10.3. The van der Waals surface area contributed by atoms with Crippen LogP contribution in [0, 0.1) is 0 Å². The maximum Gasteiger partial charge on any atom is 0.150 e. The number of anilines is 1. The van der Waals surface area contributed by atoms with Gasteiger partial charge in [-0.3, -0.25) is 4.79 Å². The van der Waals surface area contributed by atoms with Crippen LogP contribution in [0.5, 0.6) is 0 Å². The highest BCUT2D eigenvalue weighted by Gasteiger charge is 2.38. The van der Waals surface area contributed by atoms with E-state index in [-0.39, 0.29) is 0 Å². The molecule has 78 valence electrons. The van der Waals surface area contributed by atoms with Crippen LogP contribution in [0.15, 0.2) is 24.3 Å². The molecule has 2 nitrogen and oxygen atoms in total. The van der Waals surface area contributed by atoms with E-state index >= 15 is 0 Å². The van der Waals surface area contributed by atoms with Crippen LogP contribution >= 0.6 is 11.8 Å². The van der Waals surface area contributed by atoms with Crippen LogP contribution in [0.3, 0.4) is 0 Å². The molecule has 0 aliphatic carbocycles. The first kappa shape index (κ1) is 9.28. The van der Waals surface area contributed by atoms with Gasteiger partial charge < -0.3 is 4.90 Å². The molecule has 15 heavy (non-hydrogen) atoms. The van der Waals surface area contributed by atoms with E-state index in [1.165, 1.54) is 17.9 Å². The van der Waals surface area contributed by atoms with E-state index in [2.05, 4.69) is 22.7 Å². The summed E-state index contributed by atoms with van der Waals surface area (Å²) < 4.78 is 0. The summed E-state index contributed by atoms with van der Waals surface area (Å²) in [6.45, 7) is 1.15. The van der Waals surface area contributed by atoms with Crippen molar-refractivity contribution in [1.29, 1.82) is 0 Å². The smallest absolute Gasteiger partial charge is 0.150 e. The summed E-state index contributed by atoms with van der Waals surface area (Å²) in [5.74, 6) is 1.25. The Morgan fingerprint density at radius 1 is 1.47 bits per heavy atom. The van der Waals surface area contributed by atoms with Crippen LogP contribution in [0.25, 0.3) is 0 Å².